The van der Waals surface area contributed by atoms with Crippen molar-refractivity contribution in [1.82, 2.24) is 10.2 Å². The first-order valence-electron chi connectivity index (χ1n) is 6.70. The Hall–Kier alpha value is -2.01. The number of aromatic nitrogens is 2. The standard InChI is InChI=1S/C16H16BrN3O/c1-10(11-3-6-16(21-2)14(17)8-11)19-13-4-5-15-12(7-13)9-18-20-15/h3-10,19H,1-2H3,(H,18,20). The molecule has 1 heterocycles. The van der Waals surface area contributed by atoms with Crippen LogP contribution in [0.25, 0.3) is 10.9 Å². The summed E-state index contributed by atoms with van der Waals surface area (Å²) in [5.74, 6) is 0.839. The van der Waals surface area contributed by atoms with E-state index in [9.17, 15) is 0 Å². The van der Waals surface area contributed by atoms with Crippen molar-refractivity contribution in [3.05, 3.63) is 52.6 Å². The molecule has 108 valence electrons. The van der Waals surface area contributed by atoms with Gasteiger partial charge in [0.1, 0.15) is 5.75 Å². The second-order valence-corrected chi connectivity index (χ2v) is 5.79. The molecule has 0 aliphatic carbocycles. The SMILES string of the molecule is COc1ccc(C(C)Nc2ccc3[nH]ncc3c2)cc1Br. The minimum atomic E-state index is 0.191. The number of fused-ring (bicyclic) bond motifs is 1. The fourth-order valence-corrected chi connectivity index (χ4v) is 2.88. The number of anilines is 1. The van der Waals surface area contributed by atoms with Gasteiger partial charge in [0.25, 0.3) is 0 Å². The van der Waals surface area contributed by atoms with Gasteiger partial charge < -0.3 is 10.1 Å². The molecule has 0 saturated carbocycles. The maximum Gasteiger partial charge on any atom is 0.133 e. The van der Waals surface area contributed by atoms with Crippen molar-refractivity contribution in [3.8, 4) is 5.75 Å². The van der Waals surface area contributed by atoms with Crippen LogP contribution in [0.2, 0.25) is 0 Å². The first-order valence-corrected chi connectivity index (χ1v) is 7.50. The summed E-state index contributed by atoms with van der Waals surface area (Å²) in [5, 5.41) is 11.6. The van der Waals surface area contributed by atoms with Gasteiger partial charge in [0.15, 0.2) is 0 Å². The van der Waals surface area contributed by atoms with Crippen LogP contribution >= 0.6 is 15.9 Å². The Kier molecular flexibility index (Phi) is 3.84. The number of rotatable bonds is 4. The van der Waals surface area contributed by atoms with Gasteiger partial charge in [-0.3, -0.25) is 5.10 Å². The Bertz CT molecular complexity index is 769. The molecule has 2 aromatic carbocycles. The molecule has 4 nitrogen and oxygen atoms in total. The Labute approximate surface area is 131 Å². The molecule has 0 radical (unpaired) electrons. The predicted octanol–water partition coefficient (Wildman–Crippen LogP) is 4.51. The zero-order valence-corrected chi connectivity index (χ0v) is 13.4. The molecule has 3 rings (SSSR count). The van der Waals surface area contributed by atoms with Gasteiger partial charge in [-0.25, -0.2) is 0 Å². The van der Waals surface area contributed by atoms with E-state index in [0.717, 1.165) is 26.8 Å². The largest absolute Gasteiger partial charge is 0.496 e. The average molecular weight is 346 g/mol. The van der Waals surface area contributed by atoms with Gasteiger partial charge in [0, 0.05) is 17.1 Å². The normalized spacial score (nSPS) is 12.3. The second-order valence-electron chi connectivity index (χ2n) is 4.93. The quantitative estimate of drug-likeness (QED) is 0.731. The molecule has 1 aromatic heterocycles. The molecular weight excluding hydrogens is 330 g/mol. The number of methoxy groups -OCH3 is 1. The number of aromatic amines is 1. The lowest BCUT2D eigenvalue weighted by Gasteiger charge is -2.17. The van der Waals surface area contributed by atoms with E-state index < -0.39 is 0 Å². The highest BCUT2D eigenvalue weighted by atomic mass is 79.9. The van der Waals surface area contributed by atoms with E-state index in [4.69, 9.17) is 4.74 Å². The third-order valence-electron chi connectivity index (χ3n) is 3.50. The van der Waals surface area contributed by atoms with E-state index in [2.05, 4.69) is 62.6 Å². The number of halogens is 1. The number of benzene rings is 2. The molecular formula is C16H16BrN3O. The van der Waals surface area contributed by atoms with Gasteiger partial charge in [-0.1, -0.05) is 6.07 Å². The summed E-state index contributed by atoms with van der Waals surface area (Å²) in [6.07, 6.45) is 1.83. The third kappa shape index (κ3) is 2.88. The van der Waals surface area contributed by atoms with Crippen molar-refractivity contribution in [2.24, 2.45) is 0 Å². The first kappa shape index (κ1) is 13.9. The fourth-order valence-electron chi connectivity index (χ4n) is 2.32. The lowest BCUT2D eigenvalue weighted by atomic mass is 10.1. The van der Waals surface area contributed by atoms with E-state index in [-0.39, 0.29) is 6.04 Å². The molecule has 0 spiro atoms. The predicted molar refractivity (Wildman–Crippen MR) is 88.8 cm³/mol. The van der Waals surface area contributed by atoms with Crippen LogP contribution in [-0.2, 0) is 0 Å². The van der Waals surface area contributed by atoms with Crippen molar-refractivity contribution in [2.45, 2.75) is 13.0 Å². The summed E-state index contributed by atoms with van der Waals surface area (Å²) in [4.78, 5) is 0. The Morgan fingerprint density at radius 2 is 2.10 bits per heavy atom. The molecule has 0 aliphatic heterocycles. The molecule has 3 aromatic rings. The fraction of sp³-hybridized carbons (Fsp3) is 0.188. The van der Waals surface area contributed by atoms with Crippen molar-refractivity contribution in [1.29, 1.82) is 0 Å². The maximum absolute atomic E-state index is 5.26. The van der Waals surface area contributed by atoms with Gasteiger partial charge >= 0.3 is 0 Å². The summed E-state index contributed by atoms with van der Waals surface area (Å²) >= 11 is 3.52. The zero-order valence-electron chi connectivity index (χ0n) is 11.9. The summed E-state index contributed by atoms with van der Waals surface area (Å²) in [5.41, 5.74) is 3.30. The summed E-state index contributed by atoms with van der Waals surface area (Å²) in [6.45, 7) is 2.13. The third-order valence-corrected chi connectivity index (χ3v) is 4.12. The van der Waals surface area contributed by atoms with Gasteiger partial charge in [0.2, 0.25) is 0 Å². The van der Waals surface area contributed by atoms with E-state index >= 15 is 0 Å². The topological polar surface area (TPSA) is 49.9 Å². The molecule has 1 unspecified atom stereocenters. The molecule has 0 amide bonds. The number of hydrogen-bond acceptors (Lipinski definition) is 3. The van der Waals surface area contributed by atoms with E-state index in [1.54, 1.807) is 7.11 Å². The van der Waals surface area contributed by atoms with E-state index in [1.807, 2.05) is 18.3 Å². The van der Waals surface area contributed by atoms with Gasteiger partial charge in [-0.15, -0.1) is 0 Å². The van der Waals surface area contributed by atoms with E-state index in [1.165, 1.54) is 5.56 Å². The first-order chi connectivity index (χ1) is 10.2. The van der Waals surface area contributed by atoms with Crippen molar-refractivity contribution in [2.75, 3.05) is 12.4 Å². The van der Waals surface area contributed by atoms with Crippen LogP contribution < -0.4 is 10.1 Å². The molecule has 2 N–H and O–H groups in total. The number of nitrogens with one attached hydrogen (secondary N) is 2. The minimum absolute atomic E-state index is 0.191. The smallest absolute Gasteiger partial charge is 0.133 e. The Morgan fingerprint density at radius 1 is 1.24 bits per heavy atom. The average Bonchev–Trinajstić information content (AvgIpc) is 2.94. The van der Waals surface area contributed by atoms with Gasteiger partial charge in [-0.05, 0) is 58.7 Å². The zero-order chi connectivity index (χ0) is 14.8. The second kappa shape index (κ2) is 5.77. The van der Waals surface area contributed by atoms with Crippen LogP contribution in [-0.4, -0.2) is 17.3 Å². The molecule has 0 bridgehead atoms. The van der Waals surface area contributed by atoms with Crippen LogP contribution in [0.15, 0.2) is 47.1 Å². The number of ether oxygens (including phenoxy) is 1. The van der Waals surface area contributed by atoms with Crippen LogP contribution in [0, 0.1) is 0 Å². The van der Waals surface area contributed by atoms with Crippen LogP contribution in [0.4, 0.5) is 5.69 Å². The highest BCUT2D eigenvalue weighted by Crippen LogP contribution is 2.29. The Balaban J connectivity index is 1.81. The molecule has 5 heteroatoms. The van der Waals surface area contributed by atoms with Crippen molar-refractivity contribution in [3.63, 3.8) is 0 Å². The van der Waals surface area contributed by atoms with Crippen molar-refractivity contribution < 1.29 is 4.74 Å². The molecule has 1 atom stereocenters. The summed E-state index contributed by atoms with van der Waals surface area (Å²) in [7, 11) is 1.67. The van der Waals surface area contributed by atoms with Gasteiger partial charge in [0.05, 0.1) is 23.3 Å². The maximum atomic E-state index is 5.26. The van der Waals surface area contributed by atoms with Crippen LogP contribution in [0.5, 0.6) is 5.75 Å². The molecule has 0 aliphatic rings. The monoisotopic (exact) mass is 345 g/mol. The lowest BCUT2D eigenvalue weighted by Crippen LogP contribution is -2.06. The minimum Gasteiger partial charge on any atom is -0.496 e. The van der Waals surface area contributed by atoms with Crippen LogP contribution in [0.1, 0.15) is 18.5 Å². The highest BCUT2D eigenvalue weighted by Gasteiger charge is 2.09. The van der Waals surface area contributed by atoms with E-state index in [0.29, 0.717) is 0 Å². The molecule has 0 saturated heterocycles. The van der Waals surface area contributed by atoms with Crippen LogP contribution in [0.3, 0.4) is 0 Å². The lowest BCUT2D eigenvalue weighted by molar-refractivity contribution is 0.412. The molecule has 21 heavy (non-hydrogen) atoms. The van der Waals surface area contributed by atoms with Crippen molar-refractivity contribution >= 4 is 32.5 Å². The summed E-state index contributed by atoms with van der Waals surface area (Å²) in [6, 6.07) is 12.5. The molecule has 0 fully saturated rings. The number of H-pyrrole nitrogens is 1. The number of hydrogen-bond donors (Lipinski definition) is 2. The number of nitrogens with zero attached hydrogens (tertiary/aromatic N) is 1. The highest BCUT2D eigenvalue weighted by molar-refractivity contribution is 9.10. The Morgan fingerprint density at radius 3 is 2.86 bits per heavy atom. The van der Waals surface area contributed by atoms with Gasteiger partial charge in [-0.2, -0.15) is 5.10 Å². The summed E-state index contributed by atoms with van der Waals surface area (Å²) < 4.78 is 6.22.